The Morgan fingerprint density at radius 1 is 1.12 bits per heavy atom. The van der Waals surface area contributed by atoms with Gasteiger partial charge >= 0.3 is 0 Å². The number of ether oxygens (including phenoxy) is 2. The predicted octanol–water partition coefficient (Wildman–Crippen LogP) is 3.93. The van der Waals surface area contributed by atoms with Gasteiger partial charge in [0.2, 0.25) is 12.7 Å². The summed E-state index contributed by atoms with van der Waals surface area (Å²) in [5, 5.41) is 0. The Morgan fingerprint density at radius 2 is 1.92 bits per heavy atom. The summed E-state index contributed by atoms with van der Waals surface area (Å²) < 4.78 is 23.8. The van der Waals surface area contributed by atoms with Crippen LogP contribution >= 0.6 is 0 Å². The molecule has 4 nitrogen and oxygen atoms in total. The third kappa shape index (κ3) is 3.22. The molecule has 1 unspecified atom stereocenters. The lowest BCUT2D eigenvalue weighted by atomic mass is 10.0. The number of likely N-dealkylation sites (tertiary alicyclic amines) is 1. The van der Waals surface area contributed by atoms with E-state index in [-0.39, 0.29) is 24.6 Å². The molecule has 0 aromatic heterocycles. The van der Waals surface area contributed by atoms with Crippen molar-refractivity contribution >= 4 is 12.0 Å². The molecule has 2 heterocycles. The smallest absolute Gasteiger partial charge is 0.247 e. The molecule has 0 N–H and O–H groups in total. The van der Waals surface area contributed by atoms with Crippen LogP contribution in [0.25, 0.3) is 6.08 Å². The Labute approximate surface area is 145 Å². The fraction of sp³-hybridized carbons (Fsp3) is 0.250. The number of halogens is 1. The summed E-state index contributed by atoms with van der Waals surface area (Å²) in [5.74, 6) is 1.12. The summed E-state index contributed by atoms with van der Waals surface area (Å²) in [7, 11) is 0. The zero-order chi connectivity index (χ0) is 17.2. The van der Waals surface area contributed by atoms with Gasteiger partial charge in [-0.2, -0.15) is 0 Å². The van der Waals surface area contributed by atoms with E-state index in [0.717, 1.165) is 29.7 Å². The highest BCUT2D eigenvalue weighted by Crippen LogP contribution is 2.34. The molecule has 0 bridgehead atoms. The minimum atomic E-state index is -0.262. The van der Waals surface area contributed by atoms with Crippen molar-refractivity contribution in [2.24, 2.45) is 0 Å². The largest absolute Gasteiger partial charge is 0.454 e. The quantitative estimate of drug-likeness (QED) is 0.795. The molecular weight excluding hydrogens is 321 g/mol. The SMILES string of the molecule is O=C(/C=C/c1ccc2c(c1)OCO2)N1CCCC1c1ccc(F)cc1. The van der Waals surface area contributed by atoms with Gasteiger partial charge < -0.3 is 14.4 Å². The van der Waals surface area contributed by atoms with Crippen LogP contribution in [0.2, 0.25) is 0 Å². The molecule has 0 aliphatic carbocycles. The van der Waals surface area contributed by atoms with Gasteiger partial charge in [0.25, 0.3) is 0 Å². The van der Waals surface area contributed by atoms with E-state index in [1.165, 1.54) is 12.1 Å². The van der Waals surface area contributed by atoms with Gasteiger partial charge in [0.05, 0.1) is 6.04 Å². The number of hydrogen-bond acceptors (Lipinski definition) is 3. The molecule has 1 fully saturated rings. The third-order valence-electron chi connectivity index (χ3n) is 4.61. The molecule has 2 aromatic carbocycles. The number of hydrogen-bond donors (Lipinski definition) is 0. The van der Waals surface area contributed by atoms with Crippen LogP contribution in [0.15, 0.2) is 48.5 Å². The molecule has 2 aliphatic heterocycles. The van der Waals surface area contributed by atoms with Crippen molar-refractivity contribution in [3.8, 4) is 11.5 Å². The molecule has 4 rings (SSSR count). The summed E-state index contributed by atoms with van der Waals surface area (Å²) in [5.41, 5.74) is 1.86. The Morgan fingerprint density at radius 3 is 2.76 bits per heavy atom. The average molecular weight is 339 g/mol. The molecule has 0 radical (unpaired) electrons. The molecule has 1 atom stereocenters. The zero-order valence-corrected chi connectivity index (χ0v) is 13.7. The Hall–Kier alpha value is -2.82. The predicted molar refractivity (Wildman–Crippen MR) is 91.7 cm³/mol. The lowest BCUT2D eigenvalue weighted by molar-refractivity contribution is -0.126. The zero-order valence-electron chi connectivity index (χ0n) is 13.7. The van der Waals surface area contributed by atoms with E-state index < -0.39 is 0 Å². The van der Waals surface area contributed by atoms with Crippen molar-refractivity contribution in [2.45, 2.75) is 18.9 Å². The minimum absolute atomic E-state index is 0.00880. The molecule has 0 spiro atoms. The summed E-state index contributed by atoms with van der Waals surface area (Å²) in [4.78, 5) is 14.5. The number of carbonyl (C=O) groups excluding carboxylic acids is 1. The number of benzene rings is 2. The molecule has 25 heavy (non-hydrogen) atoms. The second-order valence-corrected chi connectivity index (χ2v) is 6.19. The maximum Gasteiger partial charge on any atom is 0.247 e. The number of fused-ring (bicyclic) bond motifs is 1. The van der Waals surface area contributed by atoms with Gasteiger partial charge in [0.1, 0.15) is 5.82 Å². The van der Waals surface area contributed by atoms with E-state index in [9.17, 15) is 9.18 Å². The Balaban J connectivity index is 1.49. The molecular formula is C20H18FNO3. The monoisotopic (exact) mass is 339 g/mol. The van der Waals surface area contributed by atoms with Gasteiger partial charge in [-0.15, -0.1) is 0 Å². The molecule has 1 amide bonds. The number of rotatable bonds is 3. The summed E-state index contributed by atoms with van der Waals surface area (Å²) in [6.07, 6.45) is 5.21. The van der Waals surface area contributed by atoms with Gasteiger partial charge in [0, 0.05) is 12.6 Å². The summed E-state index contributed by atoms with van der Waals surface area (Å²) >= 11 is 0. The molecule has 1 saturated heterocycles. The topological polar surface area (TPSA) is 38.8 Å². The standard InChI is InChI=1S/C20H18FNO3/c21-16-7-5-15(6-8-16)17-2-1-11-22(17)20(23)10-4-14-3-9-18-19(12-14)25-13-24-18/h3-10,12,17H,1-2,11,13H2/b10-4+. The van der Waals surface area contributed by atoms with E-state index in [4.69, 9.17) is 9.47 Å². The maximum atomic E-state index is 13.1. The number of nitrogens with zero attached hydrogens (tertiary/aromatic N) is 1. The van der Waals surface area contributed by atoms with Crippen LogP contribution in [0.4, 0.5) is 4.39 Å². The molecule has 128 valence electrons. The van der Waals surface area contributed by atoms with E-state index in [0.29, 0.717) is 12.3 Å². The van der Waals surface area contributed by atoms with Crippen molar-refractivity contribution in [1.29, 1.82) is 0 Å². The van der Waals surface area contributed by atoms with Crippen LogP contribution < -0.4 is 9.47 Å². The van der Waals surface area contributed by atoms with Gasteiger partial charge in [-0.25, -0.2) is 4.39 Å². The van der Waals surface area contributed by atoms with Gasteiger partial charge in [-0.1, -0.05) is 18.2 Å². The van der Waals surface area contributed by atoms with Gasteiger partial charge in [0.15, 0.2) is 11.5 Å². The normalized spacial score (nSPS) is 18.9. The van der Waals surface area contributed by atoms with E-state index >= 15 is 0 Å². The first-order valence-electron chi connectivity index (χ1n) is 8.34. The first-order valence-corrected chi connectivity index (χ1v) is 8.34. The second-order valence-electron chi connectivity index (χ2n) is 6.19. The summed E-state index contributed by atoms with van der Waals surface area (Å²) in [6.45, 7) is 0.945. The fourth-order valence-corrected chi connectivity index (χ4v) is 3.34. The molecule has 0 saturated carbocycles. The van der Waals surface area contributed by atoms with Crippen LogP contribution in [0.5, 0.6) is 11.5 Å². The lowest BCUT2D eigenvalue weighted by Gasteiger charge is -2.23. The lowest BCUT2D eigenvalue weighted by Crippen LogP contribution is -2.28. The Bertz CT molecular complexity index is 816. The maximum absolute atomic E-state index is 13.1. The van der Waals surface area contributed by atoms with E-state index in [2.05, 4.69) is 0 Å². The van der Waals surface area contributed by atoms with E-state index in [1.54, 1.807) is 24.3 Å². The molecule has 2 aliphatic rings. The van der Waals surface area contributed by atoms with Crippen molar-refractivity contribution in [3.63, 3.8) is 0 Å². The van der Waals surface area contributed by atoms with Gasteiger partial charge in [-0.3, -0.25) is 4.79 Å². The molecule has 2 aromatic rings. The highest BCUT2D eigenvalue weighted by Gasteiger charge is 2.28. The van der Waals surface area contributed by atoms with Crippen LogP contribution in [0, 0.1) is 5.82 Å². The van der Waals surface area contributed by atoms with E-state index in [1.807, 2.05) is 23.1 Å². The number of carbonyl (C=O) groups is 1. The first-order chi connectivity index (χ1) is 12.2. The first kappa shape index (κ1) is 15.7. The highest BCUT2D eigenvalue weighted by molar-refractivity contribution is 5.92. The Kier molecular flexibility index (Phi) is 4.14. The van der Waals surface area contributed by atoms with Gasteiger partial charge in [-0.05, 0) is 54.3 Å². The van der Waals surface area contributed by atoms with Crippen LogP contribution in [0.3, 0.4) is 0 Å². The summed E-state index contributed by atoms with van der Waals surface area (Å²) in [6, 6.07) is 12.0. The van der Waals surface area contributed by atoms with Crippen molar-refractivity contribution < 1.29 is 18.7 Å². The van der Waals surface area contributed by atoms with Crippen molar-refractivity contribution in [3.05, 3.63) is 65.5 Å². The van der Waals surface area contributed by atoms with Crippen LogP contribution in [-0.4, -0.2) is 24.1 Å². The highest BCUT2D eigenvalue weighted by atomic mass is 19.1. The fourth-order valence-electron chi connectivity index (χ4n) is 3.34. The average Bonchev–Trinajstić information content (AvgIpc) is 3.29. The van der Waals surface area contributed by atoms with Crippen molar-refractivity contribution in [1.82, 2.24) is 4.90 Å². The van der Waals surface area contributed by atoms with Crippen LogP contribution in [0.1, 0.15) is 30.0 Å². The van der Waals surface area contributed by atoms with Crippen LogP contribution in [-0.2, 0) is 4.79 Å². The molecule has 5 heteroatoms. The van der Waals surface area contributed by atoms with Crippen molar-refractivity contribution in [2.75, 3.05) is 13.3 Å². The second kappa shape index (κ2) is 6.59. The minimum Gasteiger partial charge on any atom is -0.454 e. The third-order valence-corrected chi connectivity index (χ3v) is 4.61. The number of amides is 1.